The first-order valence-electron chi connectivity index (χ1n) is 4.56. The molecule has 0 radical (unpaired) electrons. The highest BCUT2D eigenvalue weighted by Crippen LogP contribution is 1.90. The number of unbranched alkanes of at least 4 members (excludes halogenated alkanes) is 2. The maximum Gasteiger partial charge on any atom is 0.509 e. The third-order valence-electron chi connectivity index (χ3n) is 1.30. The van der Waals surface area contributed by atoms with E-state index in [4.69, 9.17) is 0 Å². The van der Waals surface area contributed by atoms with Crippen molar-refractivity contribution in [3.8, 4) is 11.8 Å². The summed E-state index contributed by atoms with van der Waals surface area (Å²) in [5.74, 6) is 5.64. The molecule has 0 saturated heterocycles. The van der Waals surface area contributed by atoms with Gasteiger partial charge in [0.2, 0.25) is 0 Å². The Morgan fingerprint density at radius 1 is 1.23 bits per heavy atom. The minimum absolute atomic E-state index is 0.128. The Morgan fingerprint density at radius 3 is 2.62 bits per heavy atom. The molecule has 0 aromatic heterocycles. The quantitative estimate of drug-likeness (QED) is 0.382. The van der Waals surface area contributed by atoms with Crippen LogP contribution in [0.3, 0.4) is 0 Å². The maximum atomic E-state index is 10.6. The van der Waals surface area contributed by atoms with Crippen molar-refractivity contribution >= 4 is 6.16 Å². The molecule has 0 heterocycles. The predicted molar refractivity (Wildman–Crippen MR) is 50.3 cm³/mol. The SMILES string of the molecule is CCCCC#CCOC(=O)OCC. The van der Waals surface area contributed by atoms with Crippen LogP contribution >= 0.6 is 0 Å². The summed E-state index contributed by atoms with van der Waals surface area (Å²) >= 11 is 0. The van der Waals surface area contributed by atoms with Gasteiger partial charge in [-0.25, -0.2) is 4.79 Å². The molecule has 0 aliphatic heterocycles. The third-order valence-corrected chi connectivity index (χ3v) is 1.30. The van der Waals surface area contributed by atoms with Crippen LogP contribution in [0.15, 0.2) is 0 Å². The number of rotatable bonds is 4. The standard InChI is InChI=1S/C10H16O3/c1-3-5-6-7-8-9-13-10(11)12-4-2/h3-6,9H2,1-2H3. The first-order valence-corrected chi connectivity index (χ1v) is 4.56. The van der Waals surface area contributed by atoms with Crippen LogP contribution < -0.4 is 0 Å². The summed E-state index contributed by atoms with van der Waals surface area (Å²) in [7, 11) is 0. The zero-order valence-electron chi connectivity index (χ0n) is 8.26. The normalized spacial score (nSPS) is 8.46. The maximum absolute atomic E-state index is 10.6. The molecule has 0 spiro atoms. The van der Waals surface area contributed by atoms with E-state index < -0.39 is 6.16 Å². The molecule has 0 aliphatic rings. The summed E-state index contributed by atoms with van der Waals surface area (Å²) < 4.78 is 9.17. The molecular weight excluding hydrogens is 168 g/mol. The molecule has 0 bridgehead atoms. The smallest absolute Gasteiger partial charge is 0.435 e. The fourth-order valence-electron chi connectivity index (χ4n) is 0.659. The number of carbonyl (C=O) groups is 1. The van der Waals surface area contributed by atoms with E-state index in [-0.39, 0.29) is 6.61 Å². The summed E-state index contributed by atoms with van der Waals surface area (Å²) in [4.78, 5) is 10.6. The van der Waals surface area contributed by atoms with E-state index in [1.807, 2.05) is 0 Å². The second-order valence-corrected chi connectivity index (χ2v) is 2.43. The summed E-state index contributed by atoms with van der Waals surface area (Å²) in [6.45, 7) is 4.30. The van der Waals surface area contributed by atoms with E-state index in [0.29, 0.717) is 6.61 Å². The van der Waals surface area contributed by atoms with Crippen molar-refractivity contribution in [3.05, 3.63) is 0 Å². The van der Waals surface area contributed by atoms with Crippen molar-refractivity contribution in [2.75, 3.05) is 13.2 Å². The van der Waals surface area contributed by atoms with E-state index in [2.05, 4.69) is 28.2 Å². The summed E-state index contributed by atoms with van der Waals surface area (Å²) in [5, 5.41) is 0. The van der Waals surface area contributed by atoms with Gasteiger partial charge in [-0.15, -0.1) is 0 Å². The van der Waals surface area contributed by atoms with Crippen LogP contribution in [0.2, 0.25) is 0 Å². The first-order chi connectivity index (χ1) is 6.31. The van der Waals surface area contributed by atoms with Crippen molar-refractivity contribution in [2.24, 2.45) is 0 Å². The van der Waals surface area contributed by atoms with Gasteiger partial charge in [0.05, 0.1) is 6.61 Å². The molecule has 74 valence electrons. The Morgan fingerprint density at radius 2 is 2.00 bits per heavy atom. The molecule has 0 unspecified atom stereocenters. The van der Waals surface area contributed by atoms with Gasteiger partial charge in [-0.1, -0.05) is 25.2 Å². The van der Waals surface area contributed by atoms with Crippen LogP contribution in [-0.2, 0) is 9.47 Å². The first kappa shape index (κ1) is 11.8. The molecule has 0 saturated carbocycles. The average Bonchev–Trinajstić information content (AvgIpc) is 2.11. The summed E-state index contributed by atoms with van der Waals surface area (Å²) in [6.07, 6.45) is 2.44. The van der Waals surface area contributed by atoms with Crippen LogP contribution in [0.25, 0.3) is 0 Å². The molecule has 3 heteroatoms. The molecule has 0 atom stereocenters. The second-order valence-electron chi connectivity index (χ2n) is 2.43. The predicted octanol–water partition coefficient (Wildman–Crippen LogP) is 2.35. The van der Waals surface area contributed by atoms with Gasteiger partial charge < -0.3 is 9.47 Å². The van der Waals surface area contributed by atoms with Gasteiger partial charge in [-0.2, -0.15) is 0 Å². The van der Waals surface area contributed by atoms with Crippen LogP contribution in [0.1, 0.15) is 33.1 Å². The van der Waals surface area contributed by atoms with Gasteiger partial charge in [0.1, 0.15) is 0 Å². The molecule has 0 fully saturated rings. The third kappa shape index (κ3) is 8.74. The van der Waals surface area contributed by atoms with E-state index in [9.17, 15) is 4.79 Å². The Balaban J connectivity index is 3.30. The fraction of sp³-hybridized carbons (Fsp3) is 0.700. The molecule has 0 rings (SSSR count). The second kappa shape index (κ2) is 8.92. The van der Waals surface area contributed by atoms with Crippen LogP contribution in [-0.4, -0.2) is 19.4 Å². The number of hydrogen-bond acceptors (Lipinski definition) is 3. The lowest BCUT2D eigenvalue weighted by Crippen LogP contribution is -2.06. The molecule has 0 aromatic rings. The lowest BCUT2D eigenvalue weighted by Gasteiger charge is -1.98. The molecule has 0 aliphatic carbocycles. The Bertz CT molecular complexity index is 188. The largest absolute Gasteiger partial charge is 0.509 e. The number of ether oxygens (including phenoxy) is 2. The van der Waals surface area contributed by atoms with Gasteiger partial charge >= 0.3 is 6.16 Å². The highest BCUT2D eigenvalue weighted by molar-refractivity contribution is 5.59. The topological polar surface area (TPSA) is 35.5 Å². The molecule has 0 N–H and O–H groups in total. The number of hydrogen-bond donors (Lipinski definition) is 0. The van der Waals surface area contributed by atoms with E-state index in [1.54, 1.807) is 6.92 Å². The van der Waals surface area contributed by atoms with Crippen LogP contribution in [0, 0.1) is 11.8 Å². The monoisotopic (exact) mass is 184 g/mol. The zero-order valence-corrected chi connectivity index (χ0v) is 8.26. The minimum atomic E-state index is -0.646. The molecule has 3 nitrogen and oxygen atoms in total. The van der Waals surface area contributed by atoms with Crippen molar-refractivity contribution in [1.82, 2.24) is 0 Å². The van der Waals surface area contributed by atoms with Gasteiger partial charge in [0.25, 0.3) is 0 Å². The van der Waals surface area contributed by atoms with Crippen molar-refractivity contribution in [3.63, 3.8) is 0 Å². The van der Waals surface area contributed by atoms with Gasteiger partial charge in [0.15, 0.2) is 6.61 Å². The lowest BCUT2D eigenvalue weighted by molar-refractivity contribution is 0.0686. The fourth-order valence-corrected chi connectivity index (χ4v) is 0.659. The Labute approximate surface area is 79.4 Å². The summed E-state index contributed by atoms with van der Waals surface area (Å²) in [5.41, 5.74) is 0. The van der Waals surface area contributed by atoms with Crippen molar-refractivity contribution < 1.29 is 14.3 Å². The lowest BCUT2D eigenvalue weighted by atomic mass is 10.2. The Kier molecular flexibility index (Phi) is 8.12. The van der Waals surface area contributed by atoms with E-state index in [0.717, 1.165) is 19.3 Å². The van der Waals surface area contributed by atoms with Crippen LogP contribution in [0.4, 0.5) is 4.79 Å². The molecule has 0 amide bonds. The highest BCUT2D eigenvalue weighted by atomic mass is 16.7. The van der Waals surface area contributed by atoms with Gasteiger partial charge in [-0.05, 0) is 13.3 Å². The average molecular weight is 184 g/mol. The summed E-state index contributed by atoms with van der Waals surface area (Å²) in [6, 6.07) is 0. The van der Waals surface area contributed by atoms with Crippen molar-refractivity contribution in [1.29, 1.82) is 0 Å². The molecule has 0 aromatic carbocycles. The van der Waals surface area contributed by atoms with E-state index in [1.165, 1.54) is 0 Å². The zero-order chi connectivity index (χ0) is 9.94. The highest BCUT2D eigenvalue weighted by Gasteiger charge is 1.97. The molecular formula is C10H16O3. The number of carbonyl (C=O) groups excluding carboxylic acids is 1. The van der Waals surface area contributed by atoms with Gasteiger partial charge in [0, 0.05) is 6.42 Å². The van der Waals surface area contributed by atoms with Crippen LogP contribution in [0.5, 0.6) is 0 Å². The van der Waals surface area contributed by atoms with Gasteiger partial charge in [-0.3, -0.25) is 0 Å². The minimum Gasteiger partial charge on any atom is -0.435 e. The molecule has 13 heavy (non-hydrogen) atoms. The Hall–Kier alpha value is -1.17. The van der Waals surface area contributed by atoms with E-state index >= 15 is 0 Å². The van der Waals surface area contributed by atoms with Crippen molar-refractivity contribution in [2.45, 2.75) is 33.1 Å².